The summed E-state index contributed by atoms with van der Waals surface area (Å²) >= 11 is 3.42. The van der Waals surface area contributed by atoms with Crippen LogP contribution in [0.5, 0.6) is 0 Å². The van der Waals surface area contributed by atoms with E-state index in [4.69, 9.17) is 20.0 Å². The standard InChI is InChI=1S/C28H23F3N6O.C21H19BrN6O.C7H6BF3O2/c1-17-13-20(8-10-32-17)23-5-6-24-26(34-23)37(22-9-12-36(24)16-22)27(38)35-25-15-19(7-11-33-25)18-3-2-4-21(14-18)28(29,30)31;1-13-10-14(4-7-23-13)17-2-3-18-20(25-17)28(16-6-9-27(18)12-16)21(29)26-19-11-15(22)5-8-24-19;9-7(10,11)5-2-1-3-6(4-5)8(12)13/h2-8,10-11,13-15,22H,9,12,16H2,1H3,(H,33,35,38);2-5,7-8,10-11,16H,6,9,12H2,1H3,(H,24,26,29);1-4,12-13H/t22-;16-;/m00./s1. The highest BCUT2D eigenvalue weighted by molar-refractivity contribution is 9.10. The Morgan fingerprint density at radius 1 is 0.562 bits per heavy atom. The van der Waals surface area contributed by atoms with Crippen molar-refractivity contribution in [2.75, 3.05) is 56.4 Å². The van der Waals surface area contributed by atoms with Crippen LogP contribution in [0.4, 0.5) is 70.6 Å². The molecule has 16 nitrogen and oxygen atoms in total. The highest BCUT2D eigenvalue weighted by Crippen LogP contribution is 2.42. The zero-order valence-corrected chi connectivity index (χ0v) is 44.2. The number of nitrogens with zero attached hydrogens (tertiary/aromatic N) is 10. The quantitative estimate of drug-likeness (QED) is 0.0912. The molecule has 8 aromatic rings. The molecule has 24 heteroatoms. The maximum atomic E-state index is 13.6. The van der Waals surface area contributed by atoms with E-state index < -0.39 is 30.6 Å². The van der Waals surface area contributed by atoms with E-state index in [9.17, 15) is 35.9 Å². The lowest BCUT2D eigenvalue weighted by Gasteiger charge is -2.35. The molecule has 4 aliphatic rings. The summed E-state index contributed by atoms with van der Waals surface area (Å²) in [4.78, 5) is 61.6. The Balaban J connectivity index is 0.000000151. The van der Waals surface area contributed by atoms with Gasteiger partial charge in [-0.2, -0.15) is 26.3 Å². The Morgan fingerprint density at radius 3 is 1.52 bits per heavy atom. The van der Waals surface area contributed by atoms with E-state index in [0.29, 0.717) is 41.2 Å². The fourth-order valence-electron chi connectivity index (χ4n) is 9.92. The van der Waals surface area contributed by atoms with E-state index in [2.05, 4.69) is 62.4 Å². The number of nitrogens with one attached hydrogen (secondary N) is 2. The van der Waals surface area contributed by atoms with Crippen molar-refractivity contribution in [1.82, 2.24) is 29.9 Å². The number of carbonyl (C=O) groups excluding carboxylic acids is 2. The molecule has 2 atom stereocenters. The number of anilines is 6. The SMILES string of the molecule is Cc1cc(-c2ccc3c(n2)N(C(=O)Nc2cc(-c4cccc(C(F)(F)F)c4)ccn2)[C@H]2CCN3C2)ccn1.Cc1cc(-c2ccc3c(n2)N(C(=O)Nc2cc(Br)ccn2)[C@H]2CCN3C2)ccn1.OB(O)c1cccc(C(F)(F)F)c1. The number of amides is 4. The molecule has 80 heavy (non-hydrogen) atoms. The Bertz CT molecular complexity index is 3620. The first-order valence-corrected chi connectivity index (χ1v) is 25.9. The fraction of sp³-hybridized carbons (Fsp3) is 0.214. The van der Waals surface area contributed by atoms with E-state index in [0.717, 1.165) is 106 Å². The van der Waals surface area contributed by atoms with Crippen LogP contribution in [-0.4, -0.2) is 97.4 Å². The van der Waals surface area contributed by atoms with E-state index in [-0.39, 0.29) is 35.4 Å². The van der Waals surface area contributed by atoms with Gasteiger partial charge in [-0.1, -0.05) is 52.3 Å². The van der Waals surface area contributed by atoms with Crippen molar-refractivity contribution in [3.8, 4) is 33.6 Å². The van der Waals surface area contributed by atoms with Gasteiger partial charge in [0.25, 0.3) is 0 Å². The molecular formula is C56H48BBrF6N12O4. The number of fused-ring (bicyclic) bond motifs is 8. The molecule has 2 saturated heterocycles. The topological polar surface area (TPSA) is 189 Å². The summed E-state index contributed by atoms with van der Waals surface area (Å²) in [5.41, 5.74) is 6.23. The number of pyridine rings is 6. The van der Waals surface area contributed by atoms with Gasteiger partial charge in [0, 0.05) is 78.0 Å². The van der Waals surface area contributed by atoms with Gasteiger partial charge in [-0.3, -0.25) is 30.4 Å². The van der Waals surface area contributed by atoms with E-state index >= 15 is 0 Å². The molecule has 4 amide bonds. The number of alkyl halides is 6. The largest absolute Gasteiger partial charge is 0.488 e. The van der Waals surface area contributed by atoms with Crippen LogP contribution < -0.4 is 35.7 Å². The summed E-state index contributed by atoms with van der Waals surface area (Å²) in [6, 6.07) is 31.0. The van der Waals surface area contributed by atoms with Gasteiger partial charge in [-0.15, -0.1) is 0 Å². The third-order valence-electron chi connectivity index (χ3n) is 13.7. The number of urea groups is 2. The number of carbonyl (C=O) groups is 2. The fourth-order valence-corrected chi connectivity index (χ4v) is 10.3. The molecule has 0 spiro atoms. The van der Waals surface area contributed by atoms with Crippen LogP contribution in [0.15, 0.2) is 151 Å². The van der Waals surface area contributed by atoms with Gasteiger partial charge in [0.15, 0.2) is 11.6 Å². The van der Waals surface area contributed by atoms with E-state index in [1.165, 1.54) is 18.3 Å². The third kappa shape index (κ3) is 12.2. The molecule has 12 rings (SSSR count). The van der Waals surface area contributed by atoms with Crippen molar-refractivity contribution < 1.29 is 46.0 Å². The molecule has 10 heterocycles. The minimum atomic E-state index is -4.45. The van der Waals surface area contributed by atoms with Gasteiger partial charge in [0.2, 0.25) is 0 Å². The second-order valence-electron chi connectivity index (χ2n) is 19.2. The number of hydrogen-bond acceptors (Lipinski definition) is 12. The molecule has 6 aromatic heterocycles. The first kappa shape index (κ1) is 54.9. The number of aryl methyl sites for hydroxylation is 2. The number of hydrogen-bond donors (Lipinski definition) is 4. The average Bonchev–Trinajstić information content (AvgIpc) is 4.15. The van der Waals surface area contributed by atoms with Crippen LogP contribution in [0.3, 0.4) is 0 Å². The molecule has 4 aliphatic heterocycles. The maximum Gasteiger partial charge on any atom is 0.488 e. The second kappa shape index (κ2) is 22.7. The molecule has 0 radical (unpaired) electrons. The minimum absolute atomic E-state index is 0.0592. The Kier molecular flexibility index (Phi) is 15.6. The molecule has 408 valence electrons. The lowest BCUT2D eigenvalue weighted by Crippen LogP contribution is -2.48. The summed E-state index contributed by atoms with van der Waals surface area (Å²) in [5.74, 6) is 2.01. The van der Waals surface area contributed by atoms with Crippen LogP contribution in [0.1, 0.15) is 35.4 Å². The van der Waals surface area contributed by atoms with Crippen molar-refractivity contribution in [3.05, 3.63) is 173 Å². The predicted octanol–water partition coefficient (Wildman–Crippen LogP) is 10.8. The summed E-state index contributed by atoms with van der Waals surface area (Å²) < 4.78 is 76.7. The van der Waals surface area contributed by atoms with E-state index in [1.54, 1.807) is 52.7 Å². The van der Waals surface area contributed by atoms with Crippen molar-refractivity contribution >= 4 is 75.2 Å². The number of halogens is 7. The molecule has 4 bridgehead atoms. The molecule has 4 N–H and O–H groups in total. The lowest BCUT2D eigenvalue weighted by molar-refractivity contribution is -0.138. The molecule has 2 aromatic carbocycles. The zero-order chi connectivity index (χ0) is 56.5. The van der Waals surface area contributed by atoms with E-state index in [1.807, 2.05) is 62.4 Å². The zero-order valence-electron chi connectivity index (χ0n) is 42.7. The molecular weight excluding hydrogens is 1110 g/mol. The van der Waals surface area contributed by atoms with Gasteiger partial charge in [0.1, 0.15) is 11.6 Å². The molecule has 0 saturated carbocycles. The molecule has 2 fully saturated rings. The van der Waals surface area contributed by atoms with Crippen LogP contribution in [0.2, 0.25) is 0 Å². The Hall–Kier alpha value is -8.48. The summed E-state index contributed by atoms with van der Waals surface area (Å²) in [5, 5.41) is 23.0. The summed E-state index contributed by atoms with van der Waals surface area (Å²) in [6.07, 6.45) is -0.555. The summed E-state index contributed by atoms with van der Waals surface area (Å²) in [7, 11) is -1.87. The van der Waals surface area contributed by atoms with Crippen molar-refractivity contribution in [2.45, 2.75) is 51.1 Å². The maximum absolute atomic E-state index is 13.6. The number of aromatic nitrogens is 6. The van der Waals surface area contributed by atoms with Crippen LogP contribution in [0, 0.1) is 13.8 Å². The summed E-state index contributed by atoms with van der Waals surface area (Å²) in [6.45, 7) is 7.13. The highest BCUT2D eigenvalue weighted by Gasteiger charge is 2.42. The Labute approximate surface area is 463 Å². The first-order valence-electron chi connectivity index (χ1n) is 25.1. The van der Waals surface area contributed by atoms with Gasteiger partial charge in [-0.25, -0.2) is 29.5 Å². The van der Waals surface area contributed by atoms with Crippen LogP contribution >= 0.6 is 15.9 Å². The van der Waals surface area contributed by atoms with Crippen molar-refractivity contribution in [2.24, 2.45) is 0 Å². The minimum Gasteiger partial charge on any atom is -0.423 e. The average molecular weight is 1160 g/mol. The number of benzene rings is 2. The third-order valence-corrected chi connectivity index (χ3v) is 14.2. The molecule has 0 aliphatic carbocycles. The number of rotatable bonds is 6. The normalized spacial score (nSPS) is 15.9. The van der Waals surface area contributed by atoms with Crippen LogP contribution in [0.25, 0.3) is 33.6 Å². The van der Waals surface area contributed by atoms with Gasteiger partial charge >= 0.3 is 31.5 Å². The second-order valence-corrected chi connectivity index (χ2v) is 20.1. The van der Waals surface area contributed by atoms with Crippen molar-refractivity contribution in [1.29, 1.82) is 0 Å². The monoisotopic (exact) mass is 1160 g/mol. The van der Waals surface area contributed by atoms with Gasteiger partial charge < -0.3 is 19.8 Å². The molecule has 0 unspecified atom stereocenters. The van der Waals surface area contributed by atoms with Gasteiger partial charge in [0.05, 0.1) is 46.0 Å². The predicted molar refractivity (Wildman–Crippen MR) is 297 cm³/mol. The van der Waals surface area contributed by atoms with Crippen LogP contribution in [-0.2, 0) is 12.4 Å². The highest BCUT2D eigenvalue weighted by atomic mass is 79.9. The van der Waals surface area contributed by atoms with Gasteiger partial charge in [-0.05, 0) is 128 Å². The first-order chi connectivity index (χ1) is 38.2. The van der Waals surface area contributed by atoms with Crippen molar-refractivity contribution in [3.63, 3.8) is 0 Å². The Morgan fingerprint density at radius 2 is 1.02 bits per heavy atom. The smallest absolute Gasteiger partial charge is 0.423 e. The lowest BCUT2D eigenvalue weighted by atomic mass is 9.79.